The molecule has 0 aromatic carbocycles. The van der Waals surface area contributed by atoms with Crippen molar-refractivity contribution in [3.05, 3.63) is 30.5 Å². The van der Waals surface area contributed by atoms with Crippen molar-refractivity contribution in [2.24, 2.45) is 7.05 Å². The third-order valence-electron chi connectivity index (χ3n) is 4.92. The number of aryl methyl sites for hydroxylation is 1. The van der Waals surface area contributed by atoms with E-state index in [0.717, 1.165) is 25.5 Å². The largest absolute Gasteiger partial charge is 0.350 e. The van der Waals surface area contributed by atoms with Crippen LogP contribution in [0.15, 0.2) is 24.8 Å². The SMILES string of the molecule is Cn1nncc1CN1CCC(N(c2ccncn2)C2CC2)CC1. The second kappa shape index (κ2) is 6.23. The zero-order chi connectivity index (χ0) is 15.6. The van der Waals surface area contributed by atoms with Gasteiger partial charge >= 0.3 is 0 Å². The third-order valence-corrected chi connectivity index (χ3v) is 4.92. The number of aromatic nitrogens is 5. The molecule has 2 aromatic heterocycles. The molecule has 0 atom stereocenters. The number of nitrogens with zero attached hydrogens (tertiary/aromatic N) is 7. The van der Waals surface area contributed by atoms with Crippen LogP contribution in [-0.4, -0.2) is 55.0 Å². The van der Waals surface area contributed by atoms with Gasteiger partial charge in [0.25, 0.3) is 0 Å². The van der Waals surface area contributed by atoms with Crippen molar-refractivity contribution in [1.29, 1.82) is 0 Å². The van der Waals surface area contributed by atoms with Gasteiger partial charge in [-0.05, 0) is 31.7 Å². The number of hydrogen-bond donors (Lipinski definition) is 0. The van der Waals surface area contributed by atoms with Crippen molar-refractivity contribution >= 4 is 5.82 Å². The molecule has 7 heteroatoms. The molecular weight excluding hydrogens is 290 g/mol. The zero-order valence-electron chi connectivity index (χ0n) is 13.5. The lowest BCUT2D eigenvalue weighted by Crippen LogP contribution is -2.46. The highest BCUT2D eigenvalue weighted by atomic mass is 15.4. The second-order valence-electron chi connectivity index (χ2n) is 6.56. The van der Waals surface area contributed by atoms with Crippen molar-refractivity contribution in [3.8, 4) is 0 Å². The Morgan fingerprint density at radius 2 is 1.96 bits per heavy atom. The second-order valence-corrected chi connectivity index (χ2v) is 6.56. The van der Waals surface area contributed by atoms with Crippen LogP contribution in [0.25, 0.3) is 0 Å². The molecule has 23 heavy (non-hydrogen) atoms. The van der Waals surface area contributed by atoms with Gasteiger partial charge in [0.05, 0.1) is 11.9 Å². The van der Waals surface area contributed by atoms with Crippen LogP contribution < -0.4 is 4.90 Å². The Morgan fingerprint density at radius 3 is 2.57 bits per heavy atom. The molecule has 1 aliphatic carbocycles. The summed E-state index contributed by atoms with van der Waals surface area (Å²) in [6, 6.07) is 3.33. The van der Waals surface area contributed by atoms with E-state index in [0.29, 0.717) is 12.1 Å². The maximum atomic E-state index is 4.49. The van der Waals surface area contributed by atoms with E-state index in [1.807, 2.05) is 30.2 Å². The zero-order valence-corrected chi connectivity index (χ0v) is 13.5. The highest BCUT2D eigenvalue weighted by Crippen LogP contribution is 2.35. The van der Waals surface area contributed by atoms with Crippen LogP contribution in [-0.2, 0) is 13.6 Å². The molecule has 0 bridgehead atoms. The first-order chi connectivity index (χ1) is 11.3. The molecule has 2 fully saturated rings. The molecule has 1 saturated heterocycles. The smallest absolute Gasteiger partial charge is 0.132 e. The highest BCUT2D eigenvalue weighted by molar-refractivity contribution is 5.41. The minimum absolute atomic E-state index is 0.596. The molecule has 2 aliphatic rings. The molecule has 1 saturated carbocycles. The number of likely N-dealkylation sites (tertiary alicyclic amines) is 1. The van der Waals surface area contributed by atoms with E-state index >= 15 is 0 Å². The third kappa shape index (κ3) is 3.19. The van der Waals surface area contributed by atoms with E-state index in [9.17, 15) is 0 Å². The van der Waals surface area contributed by atoms with Gasteiger partial charge in [0.15, 0.2) is 0 Å². The van der Waals surface area contributed by atoms with Gasteiger partial charge in [0, 0.05) is 45.0 Å². The molecule has 122 valence electrons. The van der Waals surface area contributed by atoms with Crippen molar-refractivity contribution in [2.45, 2.75) is 44.3 Å². The molecule has 0 spiro atoms. The quantitative estimate of drug-likeness (QED) is 0.827. The van der Waals surface area contributed by atoms with E-state index in [2.05, 4.69) is 30.1 Å². The summed E-state index contributed by atoms with van der Waals surface area (Å²) in [7, 11) is 1.96. The van der Waals surface area contributed by atoms with E-state index in [4.69, 9.17) is 0 Å². The Kier molecular flexibility index (Phi) is 3.95. The molecule has 7 nitrogen and oxygen atoms in total. The van der Waals surface area contributed by atoms with E-state index < -0.39 is 0 Å². The molecule has 0 unspecified atom stereocenters. The summed E-state index contributed by atoms with van der Waals surface area (Å²) in [6.07, 6.45) is 10.3. The Balaban J connectivity index is 1.39. The van der Waals surface area contributed by atoms with Crippen molar-refractivity contribution in [3.63, 3.8) is 0 Å². The Hall–Kier alpha value is -2.02. The molecule has 0 radical (unpaired) electrons. The van der Waals surface area contributed by atoms with Gasteiger partial charge in [0.2, 0.25) is 0 Å². The fourth-order valence-corrected chi connectivity index (χ4v) is 3.50. The van der Waals surface area contributed by atoms with Crippen molar-refractivity contribution in [2.75, 3.05) is 18.0 Å². The van der Waals surface area contributed by atoms with Gasteiger partial charge in [-0.25, -0.2) is 9.97 Å². The van der Waals surface area contributed by atoms with Crippen LogP contribution in [0, 0.1) is 0 Å². The maximum absolute atomic E-state index is 4.49. The summed E-state index contributed by atoms with van der Waals surface area (Å²) in [5, 5.41) is 7.98. The minimum atomic E-state index is 0.596. The lowest BCUT2D eigenvalue weighted by molar-refractivity contribution is 0.196. The average molecular weight is 313 g/mol. The molecule has 0 N–H and O–H groups in total. The molecule has 1 aliphatic heterocycles. The lowest BCUT2D eigenvalue weighted by Gasteiger charge is -2.39. The Bertz CT molecular complexity index is 629. The fourth-order valence-electron chi connectivity index (χ4n) is 3.50. The van der Waals surface area contributed by atoms with Crippen LogP contribution >= 0.6 is 0 Å². The van der Waals surface area contributed by atoms with Crippen LogP contribution in [0.3, 0.4) is 0 Å². The van der Waals surface area contributed by atoms with Gasteiger partial charge in [-0.1, -0.05) is 5.21 Å². The first-order valence-corrected chi connectivity index (χ1v) is 8.41. The van der Waals surface area contributed by atoms with Gasteiger partial charge in [-0.3, -0.25) is 9.58 Å². The number of anilines is 1. The monoisotopic (exact) mass is 313 g/mol. The Morgan fingerprint density at radius 1 is 1.17 bits per heavy atom. The first kappa shape index (κ1) is 14.6. The van der Waals surface area contributed by atoms with Crippen LogP contribution in [0.1, 0.15) is 31.4 Å². The van der Waals surface area contributed by atoms with Crippen molar-refractivity contribution in [1.82, 2.24) is 29.9 Å². The summed E-state index contributed by atoms with van der Waals surface area (Å²) < 4.78 is 1.86. The number of hydrogen-bond acceptors (Lipinski definition) is 6. The minimum Gasteiger partial charge on any atom is -0.350 e. The summed E-state index contributed by atoms with van der Waals surface area (Å²) in [4.78, 5) is 13.6. The standard InChI is InChI=1S/C16H23N7/c1-21-15(10-19-20-21)11-22-8-5-14(6-9-22)23(13-2-3-13)16-4-7-17-12-18-16/h4,7,10,12-14H,2-3,5-6,8-9,11H2,1H3. The number of rotatable bonds is 5. The normalized spacial score (nSPS) is 19.9. The maximum Gasteiger partial charge on any atom is 0.132 e. The highest BCUT2D eigenvalue weighted by Gasteiger charge is 2.36. The molecule has 2 aromatic rings. The van der Waals surface area contributed by atoms with E-state index in [-0.39, 0.29) is 0 Å². The first-order valence-electron chi connectivity index (χ1n) is 8.41. The van der Waals surface area contributed by atoms with Crippen LogP contribution in [0.4, 0.5) is 5.82 Å². The summed E-state index contributed by atoms with van der Waals surface area (Å²) in [6.45, 7) is 3.17. The van der Waals surface area contributed by atoms with Gasteiger partial charge < -0.3 is 4.90 Å². The van der Waals surface area contributed by atoms with Crippen LogP contribution in [0.5, 0.6) is 0 Å². The fraction of sp³-hybridized carbons (Fsp3) is 0.625. The summed E-state index contributed by atoms with van der Waals surface area (Å²) >= 11 is 0. The lowest BCUT2D eigenvalue weighted by atomic mass is 10.0. The van der Waals surface area contributed by atoms with Gasteiger partial charge in [-0.2, -0.15) is 0 Å². The van der Waals surface area contributed by atoms with Crippen molar-refractivity contribution < 1.29 is 0 Å². The number of piperidine rings is 1. The average Bonchev–Trinajstić information content (AvgIpc) is 3.34. The summed E-state index contributed by atoms with van der Waals surface area (Å²) in [5.41, 5.74) is 1.18. The predicted molar refractivity (Wildman–Crippen MR) is 86.8 cm³/mol. The Labute approximate surface area is 136 Å². The van der Waals surface area contributed by atoms with E-state index in [1.165, 1.54) is 31.4 Å². The topological polar surface area (TPSA) is 63.0 Å². The summed E-state index contributed by atoms with van der Waals surface area (Å²) in [5.74, 6) is 1.09. The van der Waals surface area contributed by atoms with Crippen LogP contribution in [0.2, 0.25) is 0 Å². The molecular formula is C16H23N7. The molecule has 3 heterocycles. The van der Waals surface area contributed by atoms with Gasteiger partial charge in [-0.15, -0.1) is 5.10 Å². The molecule has 0 amide bonds. The van der Waals surface area contributed by atoms with Gasteiger partial charge in [0.1, 0.15) is 12.1 Å². The molecule has 4 rings (SSSR count). The predicted octanol–water partition coefficient (Wildman–Crippen LogP) is 1.24. The van der Waals surface area contributed by atoms with E-state index in [1.54, 1.807) is 6.33 Å².